The largest absolute Gasteiger partial charge is 0.356 e. The third-order valence-electron chi connectivity index (χ3n) is 5.95. The second-order valence-electron chi connectivity index (χ2n) is 8.31. The monoisotopic (exact) mass is 523 g/mol. The van der Waals surface area contributed by atoms with Gasteiger partial charge < -0.3 is 20.0 Å². The van der Waals surface area contributed by atoms with Gasteiger partial charge in [-0.1, -0.05) is 47.0 Å². The van der Waals surface area contributed by atoms with Crippen LogP contribution in [-0.4, -0.2) is 86.5 Å². The van der Waals surface area contributed by atoms with Gasteiger partial charge in [0, 0.05) is 40.3 Å². The fraction of sp³-hybridized carbons (Fsp3) is 0.909. The zero-order chi connectivity index (χ0) is 20.9. The average molecular weight is 524 g/mol. The standard InChI is InChI=1S/C22H45N5O.HI/c1-7-11-12-19(8-2)15-23-22(24-16-21(28)25(5)6)27-14-13-20(18-27)17-26(9-3)10-4;/h19-20H,7-18H2,1-6H3,(H,23,24);1H. The average Bonchev–Trinajstić information content (AvgIpc) is 3.16. The fourth-order valence-electron chi connectivity index (χ4n) is 3.75. The van der Waals surface area contributed by atoms with Crippen molar-refractivity contribution in [3.05, 3.63) is 0 Å². The summed E-state index contributed by atoms with van der Waals surface area (Å²) in [6.45, 7) is 15.6. The third kappa shape index (κ3) is 10.9. The minimum Gasteiger partial charge on any atom is -0.356 e. The van der Waals surface area contributed by atoms with Crippen molar-refractivity contribution in [2.24, 2.45) is 16.8 Å². The van der Waals surface area contributed by atoms with Crippen molar-refractivity contribution < 1.29 is 4.79 Å². The van der Waals surface area contributed by atoms with Crippen LogP contribution in [0.1, 0.15) is 59.8 Å². The summed E-state index contributed by atoms with van der Waals surface area (Å²) in [5, 5.41) is 3.61. The zero-order valence-electron chi connectivity index (χ0n) is 19.7. The molecule has 7 heteroatoms. The Labute approximate surface area is 196 Å². The van der Waals surface area contributed by atoms with Crippen LogP contribution in [0, 0.1) is 11.8 Å². The van der Waals surface area contributed by atoms with Crippen LogP contribution in [0.5, 0.6) is 0 Å². The normalized spacial score (nSPS) is 18.0. The predicted octanol–water partition coefficient (Wildman–Crippen LogP) is 3.52. The van der Waals surface area contributed by atoms with Crippen LogP contribution in [-0.2, 0) is 4.79 Å². The molecule has 1 rings (SSSR count). The molecule has 2 unspecified atom stereocenters. The first kappa shape index (κ1) is 28.4. The smallest absolute Gasteiger partial charge is 0.243 e. The maximum absolute atomic E-state index is 12.1. The number of amides is 1. The molecular weight excluding hydrogens is 477 g/mol. The number of nitrogens with one attached hydrogen (secondary N) is 1. The van der Waals surface area contributed by atoms with Crippen molar-refractivity contribution in [2.45, 2.75) is 59.8 Å². The van der Waals surface area contributed by atoms with Gasteiger partial charge in [0.2, 0.25) is 5.91 Å². The van der Waals surface area contributed by atoms with Crippen molar-refractivity contribution in [1.82, 2.24) is 20.0 Å². The lowest BCUT2D eigenvalue weighted by Crippen LogP contribution is -2.43. The molecule has 1 aliphatic rings. The number of likely N-dealkylation sites (N-methyl/N-ethyl adjacent to an activating group) is 1. The van der Waals surface area contributed by atoms with Crippen LogP contribution in [0.15, 0.2) is 4.99 Å². The number of carbonyl (C=O) groups is 1. The molecule has 1 aliphatic heterocycles. The predicted molar refractivity (Wildman–Crippen MR) is 135 cm³/mol. The van der Waals surface area contributed by atoms with Crippen molar-refractivity contribution in [3.63, 3.8) is 0 Å². The highest BCUT2D eigenvalue weighted by atomic mass is 127. The van der Waals surface area contributed by atoms with Crippen LogP contribution in [0.3, 0.4) is 0 Å². The molecule has 1 saturated heterocycles. The van der Waals surface area contributed by atoms with Gasteiger partial charge in [0.15, 0.2) is 5.96 Å². The van der Waals surface area contributed by atoms with Gasteiger partial charge in [0.1, 0.15) is 6.54 Å². The second kappa shape index (κ2) is 16.2. The molecule has 0 saturated carbocycles. The van der Waals surface area contributed by atoms with E-state index in [1.807, 2.05) is 0 Å². The number of nitrogens with zero attached hydrogens (tertiary/aromatic N) is 4. The number of rotatable bonds is 12. The lowest BCUT2D eigenvalue weighted by molar-refractivity contribution is -0.127. The Kier molecular flexibility index (Phi) is 15.8. The molecule has 1 N–H and O–H groups in total. The second-order valence-corrected chi connectivity index (χ2v) is 8.31. The summed E-state index contributed by atoms with van der Waals surface area (Å²) in [7, 11) is 3.58. The van der Waals surface area contributed by atoms with Crippen LogP contribution >= 0.6 is 24.0 Å². The Bertz CT molecular complexity index is 468. The summed E-state index contributed by atoms with van der Waals surface area (Å²) in [6, 6.07) is 0. The molecular formula is C22H46IN5O. The minimum absolute atomic E-state index is 0. The number of hydrogen-bond acceptors (Lipinski definition) is 3. The molecule has 6 nitrogen and oxygen atoms in total. The first-order chi connectivity index (χ1) is 13.4. The van der Waals surface area contributed by atoms with Crippen LogP contribution < -0.4 is 5.32 Å². The van der Waals surface area contributed by atoms with Gasteiger partial charge in [0.25, 0.3) is 0 Å². The summed E-state index contributed by atoms with van der Waals surface area (Å²) >= 11 is 0. The van der Waals surface area contributed by atoms with Gasteiger partial charge in [-0.15, -0.1) is 24.0 Å². The maximum atomic E-state index is 12.1. The molecule has 0 aromatic rings. The molecule has 0 aliphatic carbocycles. The molecule has 0 radical (unpaired) electrons. The molecule has 1 amide bonds. The van der Waals surface area contributed by atoms with Gasteiger partial charge in [-0.25, -0.2) is 4.99 Å². The van der Waals surface area contributed by atoms with E-state index in [1.165, 1.54) is 32.1 Å². The Morgan fingerprint density at radius 2 is 1.90 bits per heavy atom. The van der Waals surface area contributed by atoms with Crippen LogP contribution in [0.4, 0.5) is 0 Å². The quantitative estimate of drug-likeness (QED) is 0.242. The zero-order valence-corrected chi connectivity index (χ0v) is 22.1. The Hall–Kier alpha value is -0.570. The maximum Gasteiger partial charge on any atom is 0.243 e. The number of likely N-dealkylation sites (tertiary alicyclic amines) is 1. The highest BCUT2D eigenvalue weighted by Crippen LogP contribution is 2.18. The fourth-order valence-corrected chi connectivity index (χ4v) is 3.75. The van der Waals surface area contributed by atoms with Gasteiger partial charge in [-0.05, 0) is 37.8 Å². The van der Waals surface area contributed by atoms with E-state index in [1.54, 1.807) is 19.0 Å². The lowest BCUT2D eigenvalue weighted by atomic mass is 9.99. The van der Waals surface area contributed by atoms with Gasteiger partial charge in [0.05, 0.1) is 0 Å². The highest BCUT2D eigenvalue weighted by Gasteiger charge is 2.26. The van der Waals surface area contributed by atoms with Gasteiger partial charge in [-0.2, -0.15) is 0 Å². The van der Waals surface area contributed by atoms with E-state index in [4.69, 9.17) is 4.99 Å². The molecule has 0 bridgehead atoms. The number of aliphatic imine (C=N–C) groups is 1. The van der Waals surface area contributed by atoms with Gasteiger partial charge >= 0.3 is 0 Å². The van der Waals surface area contributed by atoms with E-state index < -0.39 is 0 Å². The molecule has 0 aromatic heterocycles. The van der Waals surface area contributed by atoms with Crippen molar-refractivity contribution in [1.29, 1.82) is 0 Å². The van der Waals surface area contributed by atoms with E-state index in [9.17, 15) is 4.79 Å². The van der Waals surface area contributed by atoms with Gasteiger partial charge in [-0.3, -0.25) is 4.79 Å². The molecule has 0 aromatic carbocycles. The van der Waals surface area contributed by atoms with E-state index >= 15 is 0 Å². The van der Waals surface area contributed by atoms with Crippen molar-refractivity contribution in [3.8, 4) is 0 Å². The summed E-state index contributed by atoms with van der Waals surface area (Å²) in [6.07, 6.45) is 6.16. The molecule has 2 atom stereocenters. The van der Waals surface area contributed by atoms with E-state index in [-0.39, 0.29) is 36.4 Å². The first-order valence-electron chi connectivity index (χ1n) is 11.4. The SMILES string of the molecule is CCCCC(CC)CNC(=NCC(=O)N(C)C)N1CCC(CN(CC)CC)C1.I. The van der Waals surface area contributed by atoms with Crippen LogP contribution in [0.25, 0.3) is 0 Å². The Morgan fingerprint density at radius 1 is 1.21 bits per heavy atom. The lowest BCUT2D eigenvalue weighted by Gasteiger charge is -2.26. The van der Waals surface area contributed by atoms with Crippen LogP contribution in [0.2, 0.25) is 0 Å². The molecule has 29 heavy (non-hydrogen) atoms. The number of halogens is 1. The van der Waals surface area contributed by atoms with Crippen molar-refractivity contribution in [2.75, 3.05) is 59.9 Å². The van der Waals surface area contributed by atoms with E-state index in [0.717, 1.165) is 45.2 Å². The summed E-state index contributed by atoms with van der Waals surface area (Å²) in [5.74, 6) is 2.32. The summed E-state index contributed by atoms with van der Waals surface area (Å²) in [4.78, 5) is 23.2. The highest BCUT2D eigenvalue weighted by molar-refractivity contribution is 14.0. The Balaban J connectivity index is 0.00000784. The first-order valence-corrected chi connectivity index (χ1v) is 11.4. The van der Waals surface area contributed by atoms with E-state index in [2.05, 4.69) is 42.8 Å². The number of hydrogen-bond donors (Lipinski definition) is 1. The van der Waals surface area contributed by atoms with Crippen molar-refractivity contribution >= 4 is 35.8 Å². The van der Waals surface area contributed by atoms with E-state index in [0.29, 0.717) is 11.8 Å². The summed E-state index contributed by atoms with van der Waals surface area (Å²) < 4.78 is 0. The molecule has 1 fully saturated rings. The number of guanidine groups is 1. The minimum atomic E-state index is 0. The molecule has 1 heterocycles. The Morgan fingerprint density at radius 3 is 2.45 bits per heavy atom. The topological polar surface area (TPSA) is 51.2 Å². The number of unbranched alkanes of at least 4 members (excludes halogenated alkanes) is 1. The number of carbonyl (C=O) groups excluding carboxylic acids is 1. The summed E-state index contributed by atoms with van der Waals surface area (Å²) in [5.41, 5.74) is 0. The molecule has 0 spiro atoms. The third-order valence-corrected chi connectivity index (χ3v) is 5.95. The molecule has 172 valence electrons.